The number of hydrogen-bond donors (Lipinski definition) is 2. The molecule has 3 heterocycles. The molecule has 1 amide bonds. The molecule has 0 fully saturated rings. The van der Waals surface area contributed by atoms with E-state index >= 15 is 0 Å². The van der Waals surface area contributed by atoms with E-state index in [9.17, 15) is 33.1 Å². The minimum atomic E-state index is -1.73. The van der Waals surface area contributed by atoms with E-state index in [1.54, 1.807) is 51.1 Å². The molecule has 1 aromatic heterocycles. The van der Waals surface area contributed by atoms with E-state index in [1.807, 2.05) is 0 Å². The number of carbonyl (C=O) groups excluding carboxylic acids is 2. The number of anilines is 2. The molecule has 0 aliphatic carbocycles. The van der Waals surface area contributed by atoms with Crippen molar-refractivity contribution in [3.05, 3.63) is 129 Å². The van der Waals surface area contributed by atoms with Crippen molar-refractivity contribution < 1.29 is 33.0 Å². The lowest BCUT2D eigenvalue weighted by molar-refractivity contribution is -0.136. The van der Waals surface area contributed by atoms with Crippen LogP contribution in [0, 0.1) is 11.6 Å². The Morgan fingerprint density at radius 2 is 1.60 bits per heavy atom. The quantitative estimate of drug-likeness (QED) is 0.289. The summed E-state index contributed by atoms with van der Waals surface area (Å²) in [4.78, 5) is 53.5. The molecule has 4 aromatic rings. The number of halogens is 2. The van der Waals surface area contributed by atoms with Gasteiger partial charge in [0.1, 0.15) is 23.1 Å². The van der Waals surface area contributed by atoms with Crippen molar-refractivity contribution in [2.75, 3.05) is 10.6 Å². The summed E-state index contributed by atoms with van der Waals surface area (Å²) in [7, 11) is 0. The zero-order chi connectivity index (χ0) is 31.3. The number of carbonyl (C=O) groups is 3. The Balaban J connectivity index is 1.75. The third-order valence-corrected chi connectivity index (χ3v) is 6.98. The molecular weight excluding hydrogens is 560 g/mol. The van der Waals surface area contributed by atoms with Gasteiger partial charge in [-0.05, 0) is 56.7 Å². The zero-order valence-corrected chi connectivity index (χ0v) is 23.4. The second-order valence-corrected chi connectivity index (χ2v) is 11.0. The number of nitrogen functional groups attached to an aromatic ring is 1. The highest BCUT2D eigenvalue weighted by atomic mass is 19.1. The van der Waals surface area contributed by atoms with Gasteiger partial charge in [0.05, 0.1) is 28.8 Å². The van der Waals surface area contributed by atoms with Crippen molar-refractivity contribution in [3.63, 3.8) is 0 Å². The van der Waals surface area contributed by atoms with Crippen molar-refractivity contribution >= 4 is 29.4 Å². The van der Waals surface area contributed by atoms with E-state index in [0.717, 1.165) is 16.7 Å². The molecule has 220 valence electrons. The zero-order valence-electron chi connectivity index (χ0n) is 23.4. The Hall–Kier alpha value is -5.32. The maximum absolute atomic E-state index is 14.6. The Morgan fingerprint density at radius 3 is 2.16 bits per heavy atom. The molecule has 0 saturated heterocycles. The van der Waals surface area contributed by atoms with Gasteiger partial charge in [0.2, 0.25) is 0 Å². The minimum absolute atomic E-state index is 0.0285. The monoisotopic (exact) mass is 587 g/mol. The number of rotatable bonds is 7. The first-order chi connectivity index (χ1) is 20.3. The lowest BCUT2D eigenvalue weighted by Crippen LogP contribution is -2.68. The summed E-state index contributed by atoms with van der Waals surface area (Å²) in [5, 5.41) is 9.21. The van der Waals surface area contributed by atoms with Gasteiger partial charge in [-0.1, -0.05) is 42.5 Å². The molecule has 0 spiro atoms. The summed E-state index contributed by atoms with van der Waals surface area (Å²) >= 11 is 0. The summed E-state index contributed by atoms with van der Waals surface area (Å²) in [5.41, 5.74) is 3.61. The number of ketones is 1. The van der Waals surface area contributed by atoms with Gasteiger partial charge in [-0.2, -0.15) is 0 Å². The van der Waals surface area contributed by atoms with Gasteiger partial charge in [0.15, 0.2) is 11.4 Å². The number of nitrogens with two attached hydrogens (primary N) is 1. The number of hydrogen-bond acceptors (Lipinski definition) is 6. The van der Waals surface area contributed by atoms with Crippen LogP contribution in [0.15, 0.2) is 83.7 Å². The van der Waals surface area contributed by atoms with Crippen LogP contribution in [0.25, 0.3) is 0 Å². The molecule has 6 rings (SSSR count). The number of pyridine rings is 1. The first-order valence-electron chi connectivity index (χ1n) is 13.2. The van der Waals surface area contributed by atoms with E-state index in [0.29, 0.717) is 17.2 Å². The first-order valence-corrected chi connectivity index (χ1v) is 13.2. The summed E-state index contributed by atoms with van der Waals surface area (Å²) in [5.74, 6) is -4.25. The SMILES string of the molecule is CC(C)(C)OC(=O)N(c1ccc(CC(=O)O)cc1)C1(c2ccccc2)c2cc(C(=O)c3ccc(F)cc3F)c(N)n1c2=O. The fourth-order valence-corrected chi connectivity index (χ4v) is 5.24. The average Bonchev–Trinajstić information content (AvgIpc) is 2.92. The molecule has 0 radical (unpaired) electrons. The van der Waals surface area contributed by atoms with Crippen LogP contribution in [0.3, 0.4) is 0 Å². The van der Waals surface area contributed by atoms with Gasteiger partial charge in [-0.3, -0.25) is 19.0 Å². The Morgan fingerprint density at radius 1 is 0.953 bits per heavy atom. The summed E-state index contributed by atoms with van der Waals surface area (Å²) in [6, 6.07) is 18.3. The number of aliphatic carboxylic acids is 1. The molecular formula is C32H27F2N3O6. The highest BCUT2D eigenvalue weighted by Crippen LogP contribution is 2.47. The van der Waals surface area contributed by atoms with Crippen LogP contribution in [0.5, 0.6) is 0 Å². The van der Waals surface area contributed by atoms with Crippen LogP contribution in [-0.2, 0) is 21.6 Å². The van der Waals surface area contributed by atoms with Crippen LogP contribution < -0.4 is 16.2 Å². The van der Waals surface area contributed by atoms with Crippen LogP contribution in [0.2, 0.25) is 0 Å². The van der Waals surface area contributed by atoms with Gasteiger partial charge < -0.3 is 15.6 Å². The molecule has 2 aliphatic rings. The molecule has 43 heavy (non-hydrogen) atoms. The van der Waals surface area contributed by atoms with Crippen LogP contribution in [-0.4, -0.2) is 33.1 Å². The summed E-state index contributed by atoms with van der Waals surface area (Å²) in [6.07, 6.45) is -1.12. The first kappa shape index (κ1) is 29.2. The van der Waals surface area contributed by atoms with Gasteiger partial charge >= 0.3 is 12.1 Å². The van der Waals surface area contributed by atoms with E-state index < -0.39 is 51.9 Å². The fourth-order valence-electron chi connectivity index (χ4n) is 5.24. The lowest BCUT2D eigenvalue weighted by atomic mass is 9.81. The molecule has 0 saturated carbocycles. The van der Waals surface area contributed by atoms with Gasteiger partial charge in [0, 0.05) is 11.6 Å². The minimum Gasteiger partial charge on any atom is -0.481 e. The van der Waals surface area contributed by atoms with Crippen molar-refractivity contribution in [1.82, 2.24) is 4.57 Å². The fraction of sp³-hybridized carbons (Fsp3) is 0.188. The van der Waals surface area contributed by atoms with Crippen molar-refractivity contribution in [2.24, 2.45) is 0 Å². The number of carboxylic acids is 1. The largest absolute Gasteiger partial charge is 0.481 e. The van der Waals surface area contributed by atoms with Crippen LogP contribution in [0.4, 0.5) is 25.1 Å². The molecule has 3 N–H and O–H groups in total. The average molecular weight is 588 g/mol. The maximum atomic E-state index is 14.6. The third kappa shape index (κ3) is 4.92. The molecule has 2 bridgehead atoms. The van der Waals surface area contributed by atoms with Crippen molar-refractivity contribution in [3.8, 4) is 0 Å². The van der Waals surface area contributed by atoms with Gasteiger partial charge in [0.25, 0.3) is 5.56 Å². The summed E-state index contributed by atoms with van der Waals surface area (Å²) < 4.78 is 35.0. The van der Waals surface area contributed by atoms with Crippen molar-refractivity contribution in [2.45, 2.75) is 38.5 Å². The Kier molecular flexibility index (Phi) is 7.13. The van der Waals surface area contributed by atoms with E-state index in [4.69, 9.17) is 10.5 Å². The van der Waals surface area contributed by atoms with Crippen LogP contribution in [0.1, 0.15) is 53.4 Å². The standard InChI is InChI=1S/C32H27F2N3O6/c1-31(2,3)43-30(42)36(21-12-9-18(10-13-21)15-26(38)39)32(19-7-5-4-6-8-19)24-17-23(28(35)37(32)29(24)41)27(40)22-14-11-20(33)16-25(22)34/h4-14,16-17H,15,35H2,1-3H3,(H,38,39). The smallest absolute Gasteiger partial charge is 0.417 e. The number of fused-ring (bicyclic) bond motifs is 2. The Labute approximate surface area is 244 Å². The van der Waals surface area contributed by atoms with Gasteiger partial charge in [-0.25, -0.2) is 18.5 Å². The Bertz CT molecular complexity index is 1830. The second kappa shape index (κ2) is 10.5. The second-order valence-electron chi connectivity index (χ2n) is 11.0. The van der Waals surface area contributed by atoms with E-state index in [1.165, 1.54) is 35.2 Å². The normalized spacial score (nSPS) is 15.4. The molecule has 1 atom stereocenters. The van der Waals surface area contributed by atoms with Gasteiger partial charge in [-0.15, -0.1) is 0 Å². The number of amides is 1. The molecule has 3 aromatic carbocycles. The van der Waals surface area contributed by atoms with E-state index in [2.05, 4.69) is 0 Å². The third-order valence-electron chi connectivity index (χ3n) is 6.98. The highest BCUT2D eigenvalue weighted by Gasteiger charge is 2.57. The number of carboxylic acid groups (broad SMARTS) is 1. The van der Waals surface area contributed by atoms with Crippen molar-refractivity contribution in [1.29, 1.82) is 0 Å². The summed E-state index contributed by atoms with van der Waals surface area (Å²) in [6.45, 7) is 5.01. The predicted octanol–water partition coefficient (Wildman–Crippen LogP) is 5.07. The highest BCUT2D eigenvalue weighted by molar-refractivity contribution is 6.12. The van der Waals surface area contributed by atoms with Crippen LogP contribution >= 0.6 is 0 Å². The molecule has 9 nitrogen and oxygen atoms in total. The number of ether oxygens (including phenoxy) is 1. The molecule has 1 unspecified atom stereocenters. The predicted molar refractivity (Wildman–Crippen MR) is 154 cm³/mol. The number of benzene rings is 3. The maximum Gasteiger partial charge on any atom is 0.417 e. The number of nitrogens with zero attached hydrogens (tertiary/aromatic N) is 2. The topological polar surface area (TPSA) is 132 Å². The number of aromatic nitrogens is 1. The molecule has 11 heteroatoms. The lowest BCUT2D eigenvalue weighted by Gasteiger charge is -2.51. The molecule has 2 aliphatic heterocycles. The van der Waals surface area contributed by atoms with E-state index in [-0.39, 0.29) is 29.1 Å².